The van der Waals surface area contributed by atoms with Crippen LogP contribution in [0.2, 0.25) is 0 Å². The smallest absolute Gasteiger partial charge is 0.318 e. The van der Waals surface area contributed by atoms with Crippen molar-refractivity contribution in [1.82, 2.24) is 10.1 Å². The number of nitrogens with zero attached hydrogens (tertiary/aromatic N) is 2. The highest BCUT2D eigenvalue weighted by atomic mass is 16.5. The minimum atomic E-state index is -0.646. The molecule has 0 fully saturated rings. The molecule has 0 N–H and O–H groups in total. The van der Waals surface area contributed by atoms with Crippen molar-refractivity contribution in [2.45, 2.75) is 53.1 Å². The van der Waals surface area contributed by atoms with Gasteiger partial charge in [0.15, 0.2) is 0 Å². The predicted molar refractivity (Wildman–Crippen MR) is 73.2 cm³/mol. The lowest BCUT2D eigenvalue weighted by Crippen LogP contribution is -2.24. The molecule has 0 bridgehead atoms. The second-order valence-corrected chi connectivity index (χ2v) is 5.37. The molecule has 0 aliphatic heterocycles. The standard InChI is InChI=1S/C14H24N2O4/c1-7-18-12(17)10(9(3)4)11-15-13(16-20-11)14(5,6)19-8-2/h9-10H,7-8H2,1-6H3. The lowest BCUT2D eigenvalue weighted by Gasteiger charge is -2.20. The highest BCUT2D eigenvalue weighted by molar-refractivity contribution is 5.77. The maximum atomic E-state index is 12.0. The monoisotopic (exact) mass is 284 g/mol. The summed E-state index contributed by atoms with van der Waals surface area (Å²) in [4.78, 5) is 16.3. The molecule has 0 aliphatic carbocycles. The average molecular weight is 284 g/mol. The average Bonchev–Trinajstić information content (AvgIpc) is 2.79. The normalized spacial score (nSPS) is 13.6. The van der Waals surface area contributed by atoms with E-state index in [1.54, 1.807) is 6.92 Å². The van der Waals surface area contributed by atoms with Crippen LogP contribution in [-0.4, -0.2) is 29.3 Å². The molecule has 0 radical (unpaired) electrons. The molecule has 0 saturated carbocycles. The van der Waals surface area contributed by atoms with Gasteiger partial charge in [0, 0.05) is 6.61 Å². The summed E-state index contributed by atoms with van der Waals surface area (Å²) >= 11 is 0. The van der Waals surface area contributed by atoms with Gasteiger partial charge in [0.1, 0.15) is 11.5 Å². The van der Waals surface area contributed by atoms with Gasteiger partial charge in [-0.3, -0.25) is 4.79 Å². The fraction of sp³-hybridized carbons (Fsp3) is 0.786. The van der Waals surface area contributed by atoms with Gasteiger partial charge in [-0.2, -0.15) is 4.98 Å². The lowest BCUT2D eigenvalue weighted by molar-refractivity contribution is -0.146. The summed E-state index contributed by atoms with van der Waals surface area (Å²) in [7, 11) is 0. The molecule has 114 valence electrons. The zero-order chi connectivity index (χ0) is 15.3. The third-order valence-corrected chi connectivity index (χ3v) is 2.96. The third kappa shape index (κ3) is 3.79. The summed E-state index contributed by atoms with van der Waals surface area (Å²) in [6, 6.07) is 0. The molecule has 1 aromatic heterocycles. The highest BCUT2D eigenvalue weighted by Gasteiger charge is 2.34. The summed E-state index contributed by atoms with van der Waals surface area (Å²) in [5.41, 5.74) is -0.646. The SMILES string of the molecule is CCOC(=O)C(c1nc(C(C)(C)OCC)no1)C(C)C. The van der Waals surface area contributed by atoms with Crippen LogP contribution in [0.4, 0.5) is 0 Å². The predicted octanol–water partition coefficient (Wildman–Crippen LogP) is 2.64. The molecule has 1 unspecified atom stereocenters. The van der Waals surface area contributed by atoms with E-state index in [0.29, 0.717) is 19.0 Å². The van der Waals surface area contributed by atoms with Crippen molar-refractivity contribution < 1.29 is 18.8 Å². The van der Waals surface area contributed by atoms with E-state index in [1.807, 2.05) is 34.6 Å². The number of esters is 1. The molecule has 20 heavy (non-hydrogen) atoms. The molecule has 0 amide bonds. The Morgan fingerprint density at radius 3 is 2.45 bits per heavy atom. The Bertz CT molecular complexity index is 440. The van der Waals surface area contributed by atoms with Crippen molar-refractivity contribution in [3.8, 4) is 0 Å². The van der Waals surface area contributed by atoms with Crippen molar-refractivity contribution in [3.63, 3.8) is 0 Å². The van der Waals surface area contributed by atoms with Gasteiger partial charge in [0.25, 0.3) is 0 Å². The van der Waals surface area contributed by atoms with Crippen LogP contribution in [-0.2, 0) is 19.9 Å². The van der Waals surface area contributed by atoms with Crippen molar-refractivity contribution in [3.05, 3.63) is 11.7 Å². The number of aromatic nitrogens is 2. The lowest BCUT2D eigenvalue weighted by atomic mass is 9.96. The van der Waals surface area contributed by atoms with E-state index in [-0.39, 0.29) is 17.8 Å². The zero-order valence-electron chi connectivity index (χ0n) is 13.1. The van der Waals surface area contributed by atoms with E-state index in [0.717, 1.165) is 0 Å². The molecule has 0 spiro atoms. The van der Waals surface area contributed by atoms with E-state index >= 15 is 0 Å². The van der Waals surface area contributed by atoms with Crippen molar-refractivity contribution in [1.29, 1.82) is 0 Å². The molecule has 1 heterocycles. The van der Waals surface area contributed by atoms with Gasteiger partial charge in [-0.05, 0) is 33.6 Å². The molecule has 0 aliphatic rings. The largest absolute Gasteiger partial charge is 0.465 e. The van der Waals surface area contributed by atoms with Crippen LogP contribution >= 0.6 is 0 Å². The molecule has 1 atom stereocenters. The molecular weight excluding hydrogens is 260 g/mol. The topological polar surface area (TPSA) is 74.5 Å². The first-order valence-electron chi connectivity index (χ1n) is 6.98. The molecule has 0 saturated heterocycles. The molecule has 6 nitrogen and oxygen atoms in total. The third-order valence-electron chi connectivity index (χ3n) is 2.96. The maximum absolute atomic E-state index is 12.0. The fourth-order valence-corrected chi connectivity index (χ4v) is 1.92. The summed E-state index contributed by atoms with van der Waals surface area (Å²) in [5, 5.41) is 3.93. The first kappa shape index (κ1) is 16.6. The Hall–Kier alpha value is -1.43. The van der Waals surface area contributed by atoms with Gasteiger partial charge in [0.2, 0.25) is 11.7 Å². The van der Waals surface area contributed by atoms with E-state index in [9.17, 15) is 4.79 Å². The number of hydrogen-bond donors (Lipinski definition) is 0. The van der Waals surface area contributed by atoms with E-state index in [2.05, 4.69) is 10.1 Å². The number of carbonyl (C=O) groups excluding carboxylic acids is 1. The van der Waals surface area contributed by atoms with Crippen LogP contribution in [0.1, 0.15) is 59.2 Å². The molecule has 6 heteroatoms. The number of ether oxygens (including phenoxy) is 2. The molecule has 0 aromatic carbocycles. The Morgan fingerprint density at radius 1 is 1.30 bits per heavy atom. The van der Waals surface area contributed by atoms with Gasteiger partial charge in [0.05, 0.1) is 6.61 Å². The van der Waals surface area contributed by atoms with E-state index in [4.69, 9.17) is 14.0 Å². The van der Waals surface area contributed by atoms with Crippen LogP contribution in [0.15, 0.2) is 4.52 Å². The molecular formula is C14H24N2O4. The molecule has 1 rings (SSSR count). The Labute approximate surface area is 119 Å². The zero-order valence-corrected chi connectivity index (χ0v) is 13.1. The second-order valence-electron chi connectivity index (χ2n) is 5.37. The first-order chi connectivity index (χ1) is 9.33. The highest BCUT2D eigenvalue weighted by Crippen LogP contribution is 2.28. The first-order valence-corrected chi connectivity index (χ1v) is 6.98. The van der Waals surface area contributed by atoms with Crippen LogP contribution in [0.25, 0.3) is 0 Å². The maximum Gasteiger partial charge on any atom is 0.318 e. The van der Waals surface area contributed by atoms with Crippen LogP contribution in [0, 0.1) is 5.92 Å². The quantitative estimate of drug-likeness (QED) is 0.716. The Kier molecular flexibility index (Phi) is 5.68. The van der Waals surface area contributed by atoms with Crippen molar-refractivity contribution in [2.24, 2.45) is 5.92 Å². The van der Waals surface area contributed by atoms with E-state index < -0.39 is 11.5 Å². The van der Waals surface area contributed by atoms with Gasteiger partial charge in [-0.15, -0.1) is 0 Å². The van der Waals surface area contributed by atoms with Crippen LogP contribution < -0.4 is 0 Å². The molecule has 1 aromatic rings. The summed E-state index contributed by atoms with van der Waals surface area (Å²) < 4.78 is 15.9. The van der Waals surface area contributed by atoms with Crippen LogP contribution in [0.3, 0.4) is 0 Å². The number of hydrogen-bond acceptors (Lipinski definition) is 6. The second kappa shape index (κ2) is 6.83. The van der Waals surface area contributed by atoms with Crippen molar-refractivity contribution in [2.75, 3.05) is 13.2 Å². The number of rotatable bonds is 7. The minimum Gasteiger partial charge on any atom is -0.465 e. The summed E-state index contributed by atoms with van der Waals surface area (Å²) in [6.45, 7) is 12.1. The van der Waals surface area contributed by atoms with Gasteiger partial charge in [-0.1, -0.05) is 19.0 Å². The Balaban J connectivity index is 3.00. The van der Waals surface area contributed by atoms with E-state index in [1.165, 1.54) is 0 Å². The van der Waals surface area contributed by atoms with Crippen LogP contribution in [0.5, 0.6) is 0 Å². The number of carbonyl (C=O) groups is 1. The summed E-state index contributed by atoms with van der Waals surface area (Å²) in [5.74, 6) is -0.163. The van der Waals surface area contributed by atoms with Crippen molar-refractivity contribution >= 4 is 5.97 Å². The Morgan fingerprint density at radius 2 is 1.95 bits per heavy atom. The minimum absolute atomic E-state index is 0.0116. The summed E-state index contributed by atoms with van der Waals surface area (Å²) in [6.07, 6.45) is 0. The van der Waals surface area contributed by atoms with Gasteiger partial charge < -0.3 is 14.0 Å². The fourth-order valence-electron chi connectivity index (χ4n) is 1.92. The van der Waals surface area contributed by atoms with Gasteiger partial charge >= 0.3 is 5.97 Å². The van der Waals surface area contributed by atoms with Gasteiger partial charge in [-0.25, -0.2) is 0 Å².